The van der Waals surface area contributed by atoms with E-state index in [0.717, 1.165) is 60.9 Å². The Kier molecular flexibility index (Phi) is 12.8. The lowest BCUT2D eigenvalue weighted by atomic mass is 9.85. The molecular formula is C34H42F2N2O4. The van der Waals surface area contributed by atoms with Gasteiger partial charge in [-0.2, -0.15) is 0 Å². The van der Waals surface area contributed by atoms with E-state index in [-0.39, 0.29) is 24.8 Å². The zero-order valence-corrected chi connectivity index (χ0v) is 24.7. The highest BCUT2D eigenvalue weighted by molar-refractivity contribution is 5.89. The third kappa shape index (κ3) is 9.86. The van der Waals surface area contributed by atoms with E-state index in [4.69, 9.17) is 4.74 Å². The van der Waals surface area contributed by atoms with E-state index in [1.165, 1.54) is 6.07 Å². The first-order valence-electron chi connectivity index (χ1n) is 14.7. The van der Waals surface area contributed by atoms with Crippen LogP contribution in [0, 0.1) is 11.6 Å². The highest BCUT2D eigenvalue weighted by Crippen LogP contribution is 2.29. The van der Waals surface area contributed by atoms with Crippen molar-refractivity contribution in [2.75, 3.05) is 25.0 Å². The summed E-state index contributed by atoms with van der Waals surface area (Å²) in [5.41, 5.74) is 2.66. The number of unbranched alkanes of at least 4 members (excludes halogenated alkanes) is 4. The van der Waals surface area contributed by atoms with Crippen molar-refractivity contribution >= 4 is 17.7 Å². The van der Waals surface area contributed by atoms with Crippen LogP contribution in [0.4, 0.5) is 19.3 Å². The number of carbonyl (C=O) groups is 2. The summed E-state index contributed by atoms with van der Waals surface area (Å²) in [4.78, 5) is 26.7. The second kappa shape index (κ2) is 16.5. The normalized spacial score (nSPS) is 11.8. The Balaban J connectivity index is 1.60. The first kappa shape index (κ1) is 32.6. The molecule has 0 aromatic heterocycles. The van der Waals surface area contributed by atoms with Gasteiger partial charge in [0.2, 0.25) is 0 Å². The number of carboxylic acid groups (broad SMARTS) is 1. The topological polar surface area (TPSA) is 78.9 Å². The molecule has 0 aliphatic rings. The first-order valence-corrected chi connectivity index (χ1v) is 14.7. The monoisotopic (exact) mass is 580 g/mol. The Morgan fingerprint density at radius 1 is 0.905 bits per heavy atom. The van der Waals surface area contributed by atoms with Crippen LogP contribution in [0.25, 0.3) is 0 Å². The number of urea groups is 1. The molecular weight excluding hydrogens is 538 g/mol. The van der Waals surface area contributed by atoms with Gasteiger partial charge in [-0.25, -0.2) is 13.6 Å². The molecule has 1 atom stereocenters. The molecule has 0 bridgehead atoms. The molecule has 226 valence electrons. The zero-order chi connectivity index (χ0) is 30.5. The van der Waals surface area contributed by atoms with Crippen LogP contribution < -0.4 is 10.1 Å². The van der Waals surface area contributed by atoms with E-state index in [1.54, 1.807) is 17.0 Å². The summed E-state index contributed by atoms with van der Waals surface area (Å²) in [7, 11) is 0. The number of ether oxygens (including phenoxy) is 1. The molecule has 8 heteroatoms. The molecule has 3 aromatic carbocycles. The summed E-state index contributed by atoms with van der Waals surface area (Å²) >= 11 is 0. The molecule has 3 aromatic rings. The predicted molar refractivity (Wildman–Crippen MR) is 162 cm³/mol. The highest BCUT2D eigenvalue weighted by atomic mass is 19.1. The van der Waals surface area contributed by atoms with Crippen LogP contribution in [0.2, 0.25) is 0 Å². The summed E-state index contributed by atoms with van der Waals surface area (Å²) < 4.78 is 33.3. The average Bonchev–Trinajstić information content (AvgIpc) is 2.96. The van der Waals surface area contributed by atoms with Crippen LogP contribution >= 0.6 is 0 Å². The van der Waals surface area contributed by atoms with Crippen molar-refractivity contribution in [3.63, 3.8) is 0 Å². The van der Waals surface area contributed by atoms with Gasteiger partial charge in [-0.05, 0) is 59.7 Å². The van der Waals surface area contributed by atoms with Gasteiger partial charge in [0.15, 0.2) is 0 Å². The number of anilines is 1. The fourth-order valence-electron chi connectivity index (χ4n) is 4.92. The number of nitrogens with zero attached hydrogens (tertiary/aromatic N) is 1. The lowest BCUT2D eigenvalue weighted by Gasteiger charge is -2.23. The van der Waals surface area contributed by atoms with Gasteiger partial charge in [-0.1, -0.05) is 82.9 Å². The Labute approximate surface area is 247 Å². The van der Waals surface area contributed by atoms with Gasteiger partial charge in [0.1, 0.15) is 24.0 Å². The average molecular weight is 581 g/mol. The van der Waals surface area contributed by atoms with Crippen molar-refractivity contribution in [1.29, 1.82) is 0 Å². The van der Waals surface area contributed by atoms with Crippen LogP contribution in [-0.4, -0.2) is 41.7 Å². The minimum absolute atomic E-state index is 0.0791. The highest BCUT2D eigenvalue weighted by Gasteiger charge is 2.24. The number of amides is 2. The predicted octanol–water partition coefficient (Wildman–Crippen LogP) is 8.38. The number of carbonyl (C=O) groups excluding carboxylic acids is 1. The molecule has 0 saturated carbocycles. The van der Waals surface area contributed by atoms with Gasteiger partial charge in [-0.15, -0.1) is 0 Å². The third-order valence-corrected chi connectivity index (χ3v) is 7.28. The van der Waals surface area contributed by atoms with E-state index in [0.29, 0.717) is 18.7 Å². The maximum absolute atomic E-state index is 14.1. The van der Waals surface area contributed by atoms with Crippen LogP contribution in [0.3, 0.4) is 0 Å². The van der Waals surface area contributed by atoms with Gasteiger partial charge in [0.25, 0.3) is 0 Å². The molecule has 0 saturated heterocycles. The SMILES string of the molecule is CCCCCCCN(CCOc1ccc(CC(C(=O)O)c2ccccc2C(C)C)cc1)C(=O)Nc1ccc(F)cc1F. The summed E-state index contributed by atoms with van der Waals surface area (Å²) in [6.45, 7) is 7.22. The lowest BCUT2D eigenvalue weighted by Crippen LogP contribution is -2.38. The molecule has 3 rings (SSSR count). The number of carboxylic acids is 1. The molecule has 2 amide bonds. The maximum atomic E-state index is 14.1. The van der Waals surface area contributed by atoms with E-state index >= 15 is 0 Å². The smallest absolute Gasteiger partial charge is 0.322 e. The Morgan fingerprint density at radius 2 is 1.60 bits per heavy atom. The summed E-state index contributed by atoms with van der Waals surface area (Å²) in [5.74, 6) is -2.26. The summed E-state index contributed by atoms with van der Waals surface area (Å²) in [6, 6.07) is 17.6. The van der Waals surface area contributed by atoms with Gasteiger partial charge < -0.3 is 20.1 Å². The fourth-order valence-corrected chi connectivity index (χ4v) is 4.92. The standard InChI is InChI=1S/C34H42F2N2O4/c1-4-5-6-7-10-19-38(34(41)37-32-18-15-26(35)23-31(32)36)20-21-42-27-16-13-25(14-17-27)22-30(33(39)40)29-12-9-8-11-28(29)24(2)3/h8-9,11-18,23-24,30H,4-7,10,19-22H2,1-3H3,(H,37,41)(H,39,40). The van der Waals surface area contributed by atoms with Gasteiger partial charge in [0.05, 0.1) is 18.2 Å². The second-order valence-corrected chi connectivity index (χ2v) is 10.8. The van der Waals surface area contributed by atoms with Crippen LogP contribution in [-0.2, 0) is 11.2 Å². The van der Waals surface area contributed by atoms with Crippen molar-refractivity contribution in [2.45, 2.75) is 71.1 Å². The number of hydrogen-bond donors (Lipinski definition) is 2. The van der Waals surface area contributed by atoms with Crippen molar-refractivity contribution in [2.24, 2.45) is 0 Å². The molecule has 0 fully saturated rings. The summed E-state index contributed by atoms with van der Waals surface area (Å²) in [6.07, 6.45) is 5.45. The molecule has 6 nitrogen and oxygen atoms in total. The van der Waals surface area contributed by atoms with Crippen molar-refractivity contribution in [3.05, 3.63) is 95.1 Å². The van der Waals surface area contributed by atoms with Gasteiger partial charge >= 0.3 is 12.0 Å². The van der Waals surface area contributed by atoms with Crippen LogP contribution in [0.1, 0.15) is 81.4 Å². The number of hydrogen-bond acceptors (Lipinski definition) is 3. The number of aliphatic carboxylic acids is 1. The Hall–Kier alpha value is -3.94. The van der Waals surface area contributed by atoms with Crippen molar-refractivity contribution in [1.82, 2.24) is 4.90 Å². The van der Waals surface area contributed by atoms with E-state index in [9.17, 15) is 23.5 Å². The minimum atomic E-state index is -0.864. The third-order valence-electron chi connectivity index (χ3n) is 7.28. The van der Waals surface area contributed by atoms with E-state index < -0.39 is 29.6 Å². The number of halogens is 2. The van der Waals surface area contributed by atoms with Gasteiger partial charge in [-0.3, -0.25) is 4.79 Å². The molecule has 0 spiro atoms. The van der Waals surface area contributed by atoms with Crippen molar-refractivity contribution < 1.29 is 28.2 Å². The van der Waals surface area contributed by atoms with E-state index in [2.05, 4.69) is 26.1 Å². The fraction of sp³-hybridized carbons (Fsp3) is 0.412. The Bertz CT molecular complexity index is 1300. The van der Waals surface area contributed by atoms with E-state index in [1.807, 2.05) is 36.4 Å². The van der Waals surface area contributed by atoms with Gasteiger partial charge in [0, 0.05) is 12.6 Å². The number of benzene rings is 3. The lowest BCUT2D eigenvalue weighted by molar-refractivity contribution is -0.138. The van der Waals surface area contributed by atoms with Crippen LogP contribution in [0.5, 0.6) is 5.75 Å². The molecule has 0 aliphatic heterocycles. The maximum Gasteiger partial charge on any atom is 0.322 e. The Morgan fingerprint density at radius 3 is 2.24 bits per heavy atom. The number of nitrogens with one attached hydrogen (secondary N) is 1. The molecule has 42 heavy (non-hydrogen) atoms. The molecule has 1 unspecified atom stereocenters. The minimum Gasteiger partial charge on any atom is -0.492 e. The number of rotatable bonds is 16. The molecule has 0 aliphatic carbocycles. The second-order valence-electron chi connectivity index (χ2n) is 10.8. The first-order chi connectivity index (χ1) is 20.2. The zero-order valence-electron chi connectivity index (χ0n) is 24.7. The summed E-state index contributed by atoms with van der Waals surface area (Å²) in [5, 5.41) is 12.5. The van der Waals surface area contributed by atoms with Crippen molar-refractivity contribution in [3.8, 4) is 5.75 Å². The molecule has 0 radical (unpaired) electrons. The quantitative estimate of drug-likeness (QED) is 0.167. The molecule has 2 N–H and O–H groups in total. The van der Waals surface area contributed by atoms with Crippen LogP contribution in [0.15, 0.2) is 66.7 Å². The largest absolute Gasteiger partial charge is 0.492 e. The molecule has 0 heterocycles.